The highest BCUT2D eigenvalue weighted by Crippen LogP contribution is 2.07. The summed E-state index contributed by atoms with van der Waals surface area (Å²) in [5.74, 6) is 0.0281. The summed E-state index contributed by atoms with van der Waals surface area (Å²) in [5, 5.41) is 13.1. The molecule has 7 heteroatoms. The topological polar surface area (TPSA) is 71.3 Å². The summed E-state index contributed by atoms with van der Waals surface area (Å²) >= 11 is 0. The molecule has 0 aliphatic heterocycles. The van der Waals surface area contributed by atoms with Gasteiger partial charge < -0.3 is 5.32 Å². The number of hydrogen-bond acceptors (Lipinski definition) is 3. The number of rotatable bonds is 3. The van der Waals surface area contributed by atoms with E-state index in [1.165, 1.54) is 12.1 Å². The highest BCUT2D eigenvalue weighted by atomic mass is 19.1. The Morgan fingerprint density at radius 2 is 1.95 bits per heavy atom. The van der Waals surface area contributed by atoms with Crippen LogP contribution in [0.5, 0.6) is 0 Å². The van der Waals surface area contributed by atoms with Gasteiger partial charge in [0, 0.05) is 12.7 Å². The minimum atomic E-state index is -0.405. The maximum Gasteiger partial charge on any atom is 0.321 e. The monoisotopic (exact) mass is 285 g/mol. The lowest BCUT2D eigenvalue weighted by Gasteiger charge is -2.06. The maximum atomic E-state index is 12.8. The van der Waals surface area contributed by atoms with Crippen LogP contribution in [0.25, 0.3) is 5.65 Å². The first kappa shape index (κ1) is 13.0. The number of nitrogens with zero attached hydrogens (tertiary/aromatic N) is 3. The second kappa shape index (κ2) is 5.58. The molecular formula is C14H12FN5O. The minimum absolute atomic E-state index is 0.294. The average Bonchev–Trinajstić information content (AvgIpc) is 2.90. The molecule has 0 radical (unpaired) electrons. The van der Waals surface area contributed by atoms with Crippen LogP contribution in [0.1, 0.15) is 5.56 Å². The van der Waals surface area contributed by atoms with Gasteiger partial charge in [0.1, 0.15) is 5.82 Å². The lowest BCUT2D eigenvalue weighted by atomic mass is 10.2. The third kappa shape index (κ3) is 2.97. The molecule has 6 nitrogen and oxygen atoms in total. The first-order valence-electron chi connectivity index (χ1n) is 6.31. The van der Waals surface area contributed by atoms with Gasteiger partial charge in [-0.25, -0.2) is 9.18 Å². The van der Waals surface area contributed by atoms with Crippen LogP contribution in [-0.4, -0.2) is 20.6 Å². The molecule has 0 spiro atoms. The van der Waals surface area contributed by atoms with Gasteiger partial charge in [0.05, 0.1) is 0 Å². The second-order valence-electron chi connectivity index (χ2n) is 4.39. The zero-order valence-corrected chi connectivity index (χ0v) is 11.0. The molecule has 2 heterocycles. The van der Waals surface area contributed by atoms with Crippen LogP contribution in [0.4, 0.5) is 15.1 Å². The first-order chi connectivity index (χ1) is 10.2. The fourth-order valence-corrected chi connectivity index (χ4v) is 1.86. The Morgan fingerprint density at radius 3 is 2.76 bits per heavy atom. The fraction of sp³-hybridized carbons (Fsp3) is 0.0714. The molecule has 2 aromatic heterocycles. The van der Waals surface area contributed by atoms with E-state index < -0.39 is 6.03 Å². The van der Waals surface area contributed by atoms with E-state index in [9.17, 15) is 9.18 Å². The number of aromatic nitrogens is 3. The van der Waals surface area contributed by atoms with Crippen molar-refractivity contribution in [3.05, 3.63) is 60.0 Å². The standard InChI is InChI=1S/C14H12FN5O/c15-11-6-4-10(5-7-11)9-16-14(21)17-13-19-18-12-3-1-2-8-20(12)13/h1-8H,9H2,(H2,16,17,19,21). The van der Waals surface area contributed by atoms with E-state index in [0.717, 1.165) is 5.56 Å². The fourth-order valence-electron chi connectivity index (χ4n) is 1.86. The number of benzene rings is 1. The molecule has 3 aromatic rings. The molecule has 106 valence electrons. The summed E-state index contributed by atoms with van der Waals surface area (Å²) in [6.07, 6.45) is 1.75. The van der Waals surface area contributed by atoms with E-state index in [2.05, 4.69) is 20.8 Å². The van der Waals surface area contributed by atoms with Gasteiger partial charge >= 0.3 is 6.03 Å². The van der Waals surface area contributed by atoms with Crippen molar-refractivity contribution in [3.8, 4) is 0 Å². The van der Waals surface area contributed by atoms with Crippen molar-refractivity contribution in [1.82, 2.24) is 19.9 Å². The van der Waals surface area contributed by atoms with E-state index in [0.29, 0.717) is 18.1 Å². The number of carbonyl (C=O) groups is 1. The summed E-state index contributed by atoms with van der Waals surface area (Å²) in [6, 6.07) is 11.0. The molecule has 3 rings (SSSR count). The van der Waals surface area contributed by atoms with Crippen LogP contribution in [0.15, 0.2) is 48.7 Å². The molecule has 0 unspecified atom stereocenters. The van der Waals surface area contributed by atoms with Gasteiger partial charge in [0.25, 0.3) is 0 Å². The molecule has 0 fully saturated rings. The molecule has 0 aliphatic carbocycles. The van der Waals surface area contributed by atoms with Gasteiger partial charge in [-0.1, -0.05) is 18.2 Å². The van der Waals surface area contributed by atoms with E-state index in [1.54, 1.807) is 28.8 Å². The van der Waals surface area contributed by atoms with Crippen LogP contribution >= 0.6 is 0 Å². The number of nitrogens with one attached hydrogen (secondary N) is 2. The van der Waals surface area contributed by atoms with Crippen molar-refractivity contribution < 1.29 is 9.18 Å². The van der Waals surface area contributed by atoms with Crippen LogP contribution in [-0.2, 0) is 6.54 Å². The molecule has 2 amide bonds. The molecule has 2 N–H and O–H groups in total. The summed E-state index contributed by atoms with van der Waals surface area (Å²) in [4.78, 5) is 11.8. The Balaban J connectivity index is 1.62. The Labute approximate surface area is 119 Å². The Morgan fingerprint density at radius 1 is 1.14 bits per heavy atom. The zero-order chi connectivity index (χ0) is 14.7. The molecule has 21 heavy (non-hydrogen) atoms. The summed E-state index contributed by atoms with van der Waals surface area (Å²) in [6.45, 7) is 0.294. The number of halogens is 1. The number of urea groups is 1. The molecule has 1 aromatic carbocycles. The van der Waals surface area contributed by atoms with Crippen molar-refractivity contribution in [2.45, 2.75) is 6.54 Å². The van der Waals surface area contributed by atoms with Crippen molar-refractivity contribution in [3.63, 3.8) is 0 Å². The summed E-state index contributed by atoms with van der Waals surface area (Å²) in [5.41, 5.74) is 1.45. The van der Waals surface area contributed by atoms with E-state index in [-0.39, 0.29) is 5.82 Å². The third-order valence-corrected chi connectivity index (χ3v) is 2.91. The smallest absolute Gasteiger partial charge is 0.321 e. The average molecular weight is 285 g/mol. The number of fused-ring (bicyclic) bond motifs is 1. The number of pyridine rings is 1. The van der Waals surface area contributed by atoms with Crippen LogP contribution in [0, 0.1) is 5.82 Å². The summed E-state index contributed by atoms with van der Waals surface area (Å²) < 4.78 is 14.4. The van der Waals surface area contributed by atoms with E-state index in [1.807, 2.05) is 12.1 Å². The van der Waals surface area contributed by atoms with Gasteiger partial charge in [-0.3, -0.25) is 9.72 Å². The number of hydrogen-bond donors (Lipinski definition) is 2. The molecular weight excluding hydrogens is 273 g/mol. The SMILES string of the molecule is O=C(NCc1ccc(F)cc1)Nc1nnc2ccccn12. The Kier molecular flexibility index (Phi) is 3.46. The molecule has 0 saturated heterocycles. The van der Waals surface area contributed by atoms with Gasteiger partial charge in [-0.15, -0.1) is 10.2 Å². The lowest BCUT2D eigenvalue weighted by molar-refractivity contribution is 0.251. The first-order valence-corrected chi connectivity index (χ1v) is 6.31. The predicted molar refractivity (Wildman–Crippen MR) is 75.2 cm³/mol. The van der Waals surface area contributed by atoms with Crippen molar-refractivity contribution in [2.24, 2.45) is 0 Å². The predicted octanol–water partition coefficient (Wildman–Crippen LogP) is 2.19. The van der Waals surface area contributed by atoms with Crippen molar-refractivity contribution in [1.29, 1.82) is 0 Å². The largest absolute Gasteiger partial charge is 0.334 e. The minimum Gasteiger partial charge on any atom is -0.334 e. The van der Waals surface area contributed by atoms with Gasteiger partial charge in [-0.2, -0.15) is 0 Å². The lowest BCUT2D eigenvalue weighted by Crippen LogP contribution is -2.29. The van der Waals surface area contributed by atoms with Gasteiger partial charge in [0.2, 0.25) is 5.95 Å². The highest BCUT2D eigenvalue weighted by Gasteiger charge is 2.08. The van der Waals surface area contributed by atoms with Crippen molar-refractivity contribution >= 4 is 17.6 Å². The number of amides is 2. The Hall–Kier alpha value is -2.96. The normalized spacial score (nSPS) is 10.5. The highest BCUT2D eigenvalue weighted by molar-refractivity contribution is 5.87. The number of carbonyl (C=O) groups excluding carboxylic acids is 1. The quantitative estimate of drug-likeness (QED) is 0.775. The zero-order valence-electron chi connectivity index (χ0n) is 11.0. The van der Waals surface area contributed by atoms with E-state index >= 15 is 0 Å². The Bertz CT molecular complexity index is 768. The van der Waals surface area contributed by atoms with Crippen LogP contribution in [0.2, 0.25) is 0 Å². The molecule has 0 aliphatic rings. The summed E-state index contributed by atoms with van der Waals surface area (Å²) in [7, 11) is 0. The van der Waals surface area contributed by atoms with E-state index in [4.69, 9.17) is 0 Å². The molecule has 0 bridgehead atoms. The van der Waals surface area contributed by atoms with Crippen LogP contribution in [0.3, 0.4) is 0 Å². The molecule has 0 atom stereocenters. The number of anilines is 1. The maximum absolute atomic E-state index is 12.8. The molecule has 0 saturated carbocycles. The third-order valence-electron chi connectivity index (χ3n) is 2.91. The second-order valence-corrected chi connectivity index (χ2v) is 4.39. The van der Waals surface area contributed by atoms with Crippen molar-refractivity contribution in [2.75, 3.05) is 5.32 Å². The van der Waals surface area contributed by atoms with Crippen LogP contribution < -0.4 is 10.6 Å². The van der Waals surface area contributed by atoms with Gasteiger partial charge in [-0.05, 0) is 29.8 Å². The van der Waals surface area contributed by atoms with Gasteiger partial charge in [0.15, 0.2) is 5.65 Å².